The van der Waals surface area contributed by atoms with Crippen molar-refractivity contribution in [2.45, 2.75) is 19.3 Å². The van der Waals surface area contributed by atoms with Crippen LogP contribution in [0.3, 0.4) is 0 Å². The summed E-state index contributed by atoms with van der Waals surface area (Å²) in [5.74, 6) is -0.0746. The zero-order valence-corrected chi connectivity index (χ0v) is 5.85. The highest BCUT2D eigenvalue weighted by Gasteiger charge is 2.16. The van der Waals surface area contributed by atoms with Crippen LogP contribution in [0.15, 0.2) is 14.0 Å². The fourth-order valence-corrected chi connectivity index (χ4v) is 1.37. The molecule has 1 N–H and O–H groups in total. The normalized spacial score (nSPS) is 14.9. The number of nitrogens with one attached hydrogen (secondary N) is 1. The fraction of sp³-hybridized carbons (Fsp3) is 0.429. The van der Waals surface area contributed by atoms with E-state index in [1.54, 1.807) is 0 Å². The molecule has 0 fully saturated rings. The summed E-state index contributed by atoms with van der Waals surface area (Å²) >= 11 is 0. The van der Waals surface area contributed by atoms with E-state index in [1.807, 2.05) is 0 Å². The Balaban J connectivity index is 2.80. The summed E-state index contributed by atoms with van der Waals surface area (Å²) in [6, 6.07) is 0. The van der Waals surface area contributed by atoms with E-state index in [1.165, 1.54) is 0 Å². The average molecular weight is 153 g/mol. The monoisotopic (exact) mass is 153 g/mol. The van der Waals surface area contributed by atoms with Crippen LogP contribution in [-0.4, -0.2) is 4.98 Å². The van der Waals surface area contributed by atoms with E-state index in [4.69, 9.17) is 4.42 Å². The van der Waals surface area contributed by atoms with Gasteiger partial charge in [0, 0.05) is 6.42 Å². The lowest BCUT2D eigenvalue weighted by Crippen LogP contribution is -2.21. The molecule has 2 rings (SSSR count). The first-order chi connectivity index (χ1) is 5.27. The third-order valence-corrected chi connectivity index (χ3v) is 1.87. The van der Waals surface area contributed by atoms with Crippen LogP contribution in [0.1, 0.15) is 17.7 Å². The second-order valence-electron chi connectivity index (χ2n) is 2.60. The molecule has 0 aromatic carbocycles. The lowest BCUT2D eigenvalue weighted by Gasteiger charge is -1.91. The van der Waals surface area contributed by atoms with E-state index in [0.717, 1.165) is 12.8 Å². The van der Waals surface area contributed by atoms with Crippen LogP contribution in [-0.2, 0) is 12.8 Å². The van der Waals surface area contributed by atoms with Crippen LogP contribution >= 0.6 is 0 Å². The number of H-pyrrole nitrogens is 1. The Kier molecular flexibility index (Phi) is 1.21. The van der Waals surface area contributed by atoms with Crippen molar-refractivity contribution in [3.8, 4) is 0 Å². The second-order valence-corrected chi connectivity index (χ2v) is 2.60. The summed E-state index contributed by atoms with van der Waals surface area (Å²) in [7, 11) is 0. The molecule has 0 radical (unpaired) electrons. The van der Waals surface area contributed by atoms with Gasteiger partial charge in [-0.2, -0.15) is 0 Å². The summed E-state index contributed by atoms with van der Waals surface area (Å²) in [6.45, 7) is 0. The minimum absolute atomic E-state index is 0.284. The van der Waals surface area contributed by atoms with Crippen molar-refractivity contribution in [2.24, 2.45) is 0 Å². The van der Waals surface area contributed by atoms with Gasteiger partial charge in [0.25, 0.3) is 5.56 Å². The van der Waals surface area contributed by atoms with Gasteiger partial charge >= 0.3 is 5.76 Å². The number of hydrogen-bond donors (Lipinski definition) is 1. The van der Waals surface area contributed by atoms with Crippen molar-refractivity contribution in [3.05, 3.63) is 32.2 Å². The van der Waals surface area contributed by atoms with Crippen molar-refractivity contribution < 1.29 is 4.42 Å². The quantitative estimate of drug-likeness (QED) is 0.562. The maximum absolute atomic E-state index is 11.0. The van der Waals surface area contributed by atoms with Crippen molar-refractivity contribution in [1.29, 1.82) is 0 Å². The highest BCUT2D eigenvalue weighted by Crippen LogP contribution is 2.15. The van der Waals surface area contributed by atoms with E-state index in [0.29, 0.717) is 17.7 Å². The summed E-state index contributed by atoms with van der Waals surface area (Å²) in [4.78, 5) is 23.7. The van der Waals surface area contributed by atoms with Crippen molar-refractivity contribution in [2.75, 3.05) is 0 Å². The number of aromatic amines is 1. The molecular weight excluding hydrogens is 146 g/mol. The lowest BCUT2D eigenvalue weighted by atomic mass is 10.3. The minimum atomic E-state index is -0.643. The van der Waals surface area contributed by atoms with Crippen molar-refractivity contribution in [1.82, 2.24) is 4.98 Å². The molecule has 1 aromatic heterocycles. The lowest BCUT2D eigenvalue weighted by molar-refractivity contribution is 0.439. The summed E-state index contributed by atoms with van der Waals surface area (Å²) in [5, 5.41) is 0. The standard InChI is InChI=1S/C7H7NO3/c9-6-4-2-1-3-5(4)11-7(10)8-6/h1-3H2,(H,8,9,10). The van der Waals surface area contributed by atoms with Gasteiger partial charge in [0.2, 0.25) is 0 Å². The van der Waals surface area contributed by atoms with Gasteiger partial charge in [-0.05, 0) is 12.8 Å². The molecule has 0 aliphatic heterocycles. The average Bonchev–Trinajstić information content (AvgIpc) is 2.34. The second kappa shape index (κ2) is 2.08. The topological polar surface area (TPSA) is 63.1 Å². The van der Waals surface area contributed by atoms with Gasteiger partial charge in [-0.25, -0.2) is 4.79 Å². The fourth-order valence-electron chi connectivity index (χ4n) is 1.37. The molecule has 4 nitrogen and oxygen atoms in total. The van der Waals surface area contributed by atoms with Gasteiger partial charge in [0.15, 0.2) is 0 Å². The molecule has 0 saturated carbocycles. The van der Waals surface area contributed by atoms with Crippen LogP contribution in [0.25, 0.3) is 0 Å². The van der Waals surface area contributed by atoms with Crippen LogP contribution in [0, 0.1) is 0 Å². The molecule has 11 heavy (non-hydrogen) atoms. The molecule has 0 saturated heterocycles. The molecule has 0 spiro atoms. The molecular formula is C7H7NO3. The van der Waals surface area contributed by atoms with E-state index >= 15 is 0 Å². The molecule has 0 bridgehead atoms. The van der Waals surface area contributed by atoms with Crippen LogP contribution in [0.4, 0.5) is 0 Å². The van der Waals surface area contributed by atoms with Crippen LogP contribution < -0.4 is 11.3 Å². The van der Waals surface area contributed by atoms with E-state index in [-0.39, 0.29) is 5.56 Å². The van der Waals surface area contributed by atoms with Crippen molar-refractivity contribution in [3.63, 3.8) is 0 Å². The molecule has 1 aliphatic rings. The number of hydrogen-bond acceptors (Lipinski definition) is 3. The van der Waals surface area contributed by atoms with Gasteiger partial charge in [0.1, 0.15) is 5.76 Å². The number of rotatable bonds is 0. The summed E-state index contributed by atoms with van der Waals surface area (Å²) in [5.41, 5.74) is 0.360. The van der Waals surface area contributed by atoms with E-state index in [2.05, 4.69) is 4.98 Å². The number of fused-ring (bicyclic) bond motifs is 1. The molecule has 1 aromatic rings. The van der Waals surface area contributed by atoms with Crippen LogP contribution in [0.5, 0.6) is 0 Å². The highest BCUT2D eigenvalue weighted by molar-refractivity contribution is 5.18. The van der Waals surface area contributed by atoms with Gasteiger partial charge in [-0.1, -0.05) is 0 Å². The maximum Gasteiger partial charge on any atom is 0.419 e. The third kappa shape index (κ3) is 0.906. The van der Waals surface area contributed by atoms with Gasteiger partial charge in [-0.15, -0.1) is 0 Å². The minimum Gasteiger partial charge on any atom is -0.414 e. The van der Waals surface area contributed by atoms with E-state index in [9.17, 15) is 9.59 Å². The zero-order valence-electron chi connectivity index (χ0n) is 5.85. The third-order valence-electron chi connectivity index (χ3n) is 1.87. The predicted molar refractivity (Wildman–Crippen MR) is 37.6 cm³/mol. The Labute approximate surface area is 61.9 Å². The number of aryl methyl sites for hydroxylation is 1. The molecule has 1 aliphatic carbocycles. The molecule has 4 heteroatoms. The zero-order chi connectivity index (χ0) is 7.84. The Bertz CT molecular complexity index is 387. The smallest absolute Gasteiger partial charge is 0.414 e. The van der Waals surface area contributed by atoms with Gasteiger partial charge < -0.3 is 4.42 Å². The highest BCUT2D eigenvalue weighted by atomic mass is 16.4. The van der Waals surface area contributed by atoms with Crippen LogP contribution in [0.2, 0.25) is 0 Å². The molecule has 1 heterocycles. The SMILES string of the molecule is O=c1[nH]c(=O)c2c(o1)CCC2. The first kappa shape index (κ1) is 6.39. The van der Waals surface area contributed by atoms with Gasteiger partial charge in [0.05, 0.1) is 5.56 Å². The maximum atomic E-state index is 11.0. The first-order valence-corrected chi connectivity index (χ1v) is 3.52. The Morgan fingerprint density at radius 1 is 1.27 bits per heavy atom. The molecule has 0 amide bonds. The molecule has 58 valence electrons. The first-order valence-electron chi connectivity index (χ1n) is 3.52. The summed E-state index contributed by atoms with van der Waals surface area (Å²) in [6.07, 6.45) is 2.36. The predicted octanol–water partition coefficient (Wildman–Crippen LogP) is -0.183. The summed E-state index contributed by atoms with van der Waals surface area (Å²) < 4.78 is 4.79. The number of aromatic nitrogens is 1. The molecule has 0 atom stereocenters. The molecule has 0 unspecified atom stereocenters. The van der Waals surface area contributed by atoms with E-state index < -0.39 is 5.76 Å². The largest absolute Gasteiger partial charge is 0.419 e. The van der Waals surface area contributed by atoms with Crippen molar-refractivity contribution >= 4 is 0 Å². The van der Waals surface area contributed by atoms with Gasteiger partial charge in [-0.3, -0.25) is 9.78 Å². The Hall–Kier alpha value is -1.32. The Morgan fingerprint density at radius 3 is 2.91 bits per heavy atom. The Morgan fingerprint density at radius 2 is 2.09 bits per heavy atom.